The Morgan fingerprint density at radius 1 is 1.47 bits per heavy atom. The van der Waals surface area contributed by atoms with Crippen LogP contribution in [-0.4, -0.2) is 11.9 Å². The average molecular weight is 303 g/mol. The molecule has 1 aromatic carbocycles. The van der Waals surface area contributed by atoms with Crippen LogP contribution in [0, 0.1) is 12.7 Å². The van der Waals surface area contributed by atoms with Crippen molar-refractivity contribution in [3.8, 4) is 0 Å². The Hall–Kier alpha value is -1.23. The van der Waals surface area contributed by atoms with Crippen LogP contribution in [0.15, 0.2) is 10.5 Å². The number of halogens is 2. The summed E-state index contributed by atoms with van der Waals surface area (Å²) in [7, 11) is 0. The summed E-state index contributed by atoms with van der Waals surface area (Å²) < 4.78 is 18.7. The van der Waals surface area contributed by atoms with E-state index in [0.29, 0.717) is 16.5 Å². The Labute approximate surface area is 107 Å². The molecule has 0 N–H and O–H groups in total. The molecule has 0 radical (unpaired) electrons. The molecule has 1 aromatic rings. The topological polar surface area (TPSA) is 43.4 Å². The third-order valence-corrected chi connectivity index (χ3v) is 3.27. The van der Waals surface area contributed by atoms with Crippen LogP contribution in [0.5, 0.6) is 0 Å². The summed E-state index contributed by atoms with van der Waals surface area (Å²) in [6, 6.07) is 1.51. The lowest BCUT2D eigenvalue weighted by Gasteiger charge is -2.11. The minimum atomic E-state index is -0.816. The maximum absolute atomic E-state index is 13.9. The van der Waals surface area contributed by atoms with Crippen LogP contribution in [0.1, 0.15) is 35.3 Å². The number of hydrogen-bond acceptors (Lipinski definition) is 3. The molecule has 0 aromatic heterocycles. The second-order valence-electron chi connectivity index (χ2n) is 3.58. The maximum atomic E-state index is 13.9. The number of esters is 2. The fourth-order valence-electron chi connectivity index (χ4n) is 1.50. The number of ether oxygens (including phenoxy) is 1. The first kappa shape index (κ1) is 13.8. The molecule has 0 bridgehead atoms. The lowest BCUT2D eigenvalue weighted by atomic mass is 10.0. The molecule has 17 heavy (non-hydrogen) atoms. The predicted molar refractivity (Wildman–Crippen MR) is 64.3 cm³/mol. The van der Waals surface area contributed by atoms with Crippen LogP contribution in [0.3, 0.4) is 0 Å². The van der Waals surface area contributed by atoms with E-state index in [1.807, 2.05) is 0 Å². The lowest BCUT2D eigenvalue weighted by molar-refractivity contribution is -0.135. The third kappa shape index (κ3) is 2.91. The zero-order valence-electron chi connectivity index (χ0n) is 9.77. The van der Waals surface area contributed by atoms with Crippen LogP contribution in [0.4, 0.5) is 4.39 Å². The number of benzene rings is 1. The Morgan fingerprint density at radius 3 is 2.53 bits per heavy atom. The SMILES string of the molecule is CCc1c(C(=O)OC(C)=O)cc(C)c(Br)c1F. The van der Waals surface area contributed by atoms with Crippen molar-refractivity contribution in [2.45, 2.75) is 27.2 Å². The average Bonchev–Trinajstić information content (AvgIpc) is 2.24. The predicted octanol–water partition coefficient (Wildman–Crippen LogP) is 3.16. The summed E-state index contributed by atoms with van der Waals surface area (Å²) in [6.45, 7) is 4.52. The second kappa shape index (κ2) is 5.40. The van der Waals surface area contributed by atoms with E-state index in [0.717, 1.165) is 6.92 Å². The Bertz CT molecular complexity index is 483. The van der Waals surface area contributed by atoms with Gasteiger partial charge < -0.3 is 4.74 Å². The van der Waals surface area contributed by atoms with Crippen molar-refractivity contribution in [3.05, 3.63) is 33.0 Å². The van der Waals surface area contributed by atoms with Gasteiger partial charge in [0.15, 0.2) is 0 Å². The summed E-state index contributed by atoms with van der Waals surface area (Å²) in [5.74, 6) is -2.01. The van der Waals surface area contributed by atoms with Crippen LogP contribution in [0.2, 0.25) is 0 Å². The van der Waals surface area contributed by atoms with Gasteiger partial charge in [0.25, 0.3) is 0 Å². The molecule has 0 fully saturated rings. The minimum Gasteiger partial charge on any atom is -0.390 e. The Morgan fingerprint density at radius 2 is 2.06 bits per heavy atom. The Kier molecular flexibility index (Phi) is 4.40. The third-order valence-electron chi connectivity index (χ3n) is 2.30. The molecule has 0 unspecified atom stereocenters. The van der Waals surface area contributed by atoms with Gasteiger partial charge in [0.2, 0.25) is 0 Å². The molecule has 0 saturated carbocycles. The van der Waals surface area contributed by atoms with E-state index >= 15 is 0 Å². The Balaban J connectivity index is 3.33. The van der Waals surface area contributed by atoms with Crippen molar-refractivity contribution in [1.82, 2.24) is 0 Å². The molecule has 1 rings (SSSR count). The van der Waals surface area contributed by atoms with Gasteiger partial charge in [-0.1, -0.05) is 6.92 Å². The van der Waals surface area contributed by atoms with Crippen LogP contribution < -0.4 is 0 Å². The standard InChI is InChI=1S/C12H12BrFO3/c1-4-8-9(12(16)17-7(3)15)5-6(2)10(13)11(8)14/h5H,4H2,1-3H3. The fourth-order valence-corrected chi connectivity index (χ4v) is 1.86. The van der Waals surface area contributed by atoms with Crippen molar-refractivity contribution in [2.75, 3.05) is 0 Å². The van der Waals surface area contributed by atoms with Crippen molar-refractivity contribution in [2.24, 2.45) is 0 Å². The molecular formula is C12H12BrFO3. The smallest absolute Gasteiger partial charge is 0.346 e. The van der Waals surface area contributed by atoms with E-state index < -0.39 is 17.8 Å². The first-order valence-corrected chi connectivity index (χ1v) is 5.88. The summed E-state index contributed by atoms with van der Waals surface area (Å²) in [5.41, 5.74) is 0.921. The summed E-state index contributed by atoms with van der Waals surface area (Å²) in [4.78, 5) is 22.3. The molecule has 92 valence electrons. The molecule has 5 heteroatoms. The maximum Gasteiger partial charge on any atom is 0.346 e. The first-order chi connectivity index (χ1) is 7.88. The van der Waals surface area contributed by atoms with E-state index in [4.69, 9.17) is 0 Å². The van der Waals surface area contributed by atoms with Gasteiger partial charge in [0, 0.05) is 12.5 Å². The normalized spacial score (nSPS) is 10.2. The van der Waals surface area contributed by atoms with E-state index in [9.17, 15) is 14.0 Å². The van der Waals surface area contributed by atoms with Gasteiger partial charge in [0.1, 0.15) is 5.82 Å². The van der Waals surface area contributed by atoms with Crippen molar-refractivity contribution >= 4 is 27.9 Å². The van der Waals surface area contributed by atoms with Crippen LogP contribution >= 0.6 is 15.9 Å². The van der Waals surface area contributed by atoms with Gasteiger partial charge in [-0.25, -0.2) is 9.18 Å². The molecule has 3 nitrogen and oxygen atoms in total. The lowest BCUT2D eigenvalue weighted by Crippen LogP contribution is -2.13. The number of carbonyl (C=O) groups excluding carboxylic acids is 2. The zero-order chi connectivity index (χ0) is 13.2. The molecule has 0 aliphatic carbocycles. The van der Waals surface area contributed by atoms with E-state index in [1.165, 1.54) is 6.07 Å². The zero-order valence-corrected chi connectivity index (χ0v) is 11.4. The van der Waals surface area contributed by atoms with Crippen molar-refractivity contribution in [3.63, 3.8) is 0 Å². The molecule has 0 heterocycles. The van der Waals surface area contributed by atoms with Crippen LogP contribution in [0.25, 0.3) is 0 Å². The summed E-state index contributed by atoms with van der Waals surface area (Å²) in [5, 5.41) is 0. The van der Waals surface area contributed by atoms with Gasteiger partial charge in [-0.3, -0.25) is 4.79 Å². The van der Waals surface area contributed by atoms with Crippen LogP contribution in [-0.2, 0) is 16.0 Å². The number of rotatable bonds is 2. The van der Waals surface area contributed by atoms with E-state index in [2.05, 4.69) is 20.7 Å². The first-order valence-electron chi connectivity index (χ1n) is 5.08. The van der Waals surface area contributed by atoms with E-state index in [1.54, 1.807) is 13.8 Å². The number of aryl methyl sites for hydroxylation is 1. The van der Waals surface area contributed by atoms with Gasteiger partial charge in [-0.2, -0.15) is 0 Å². The highest BCUT2D eigenvalue weighted by Gasteiger charge is 2.20. The highest BCUT2D eigenvalue weighted by Crippen LogP contribution is 2.27. The summed E-state index contributed by atoms with van der Waals surface area (Å²) in [6.07, 6.45) is 0.340. The molecule has 0 aliphatic heterocycles. The monoisotopic (exact) mass is 302 g/mol. The molecular weight excluding hydrogens is 291 g/mol. The van der Waals surface area contributed by atoms with E-state index in [-0.39, 0.29) is 11.1 Å². The molecule has 0 aliphatic rings. The minimum absolute atomic E-state index is 0.0981. The van der Waals surface area contributed by atoms with Gasteiger partial charge in [-0.15, -0.1) is 0 Å². The molecule has 0 amide bonds. The van der Waals surface area contributed by atoms with Crippen molar-refractivity contribution < 1.29 is 18.7 Å². The van der Waals surface area contributed by atoms with Crippen molar-refractivity contribution in [1.29, 1.82) is 0 Å². The quantitative estimate of drug-likeness (QED) is 0.622. The second-order valence-corrected chi connectivity index (χ2v) is 4.38. The number of hydrogen-bond donors (Lipinski definition) is 0. The molecule has 0 saturated heterocycles. The van der Waals surface area contributed by atoms with Gasteiger partial charge in [-0.05, 0) is 40.9 Å². The molecule has 0 spiro atoms. The molecule has 0 atom stereocenters. The number of carbonyl (C=O) groups is 2. The van der Waals surface area contributed by atoms with Gasteiger partial charge >= 0.3 is 11.9 Å². The highest BCUT2D eigenvalue weighted by molar-refractivity contribution is 9.10. The summed E-state index contributed by atoms with van der Waals surface area (Å²) >= 11 is 3.11. The highest BCUT2D eigenvalue weighted by atomic mass is 79.9. The largest absolute Gasteiger partial charge is 0.390 e. The fraction of sp³-hybridized carbons (Fsp3) is 0.333. The van der Waals surface area contributed by atoms with Gasteiger partial charge in [0.05, 0.1) is 10.0 Å².